The van der Waals surface area contributed by atoms with Crippen molar-refractivity contribution in [2.24, 2.45) is 0 Å². The van der Waals surface area contributed by atoms with Crippen LogP contribution in [0, 0.1) is 12.7 Å². The van der Waals surface area contributed by atoms with Crippen molar-refractivity contribution in [1.29, 1.82) is 0 Å². The van der Waals surface area contributed by atoms with Crippen LogP contribution in [0.4, 0.5) is 4.39 Å². The van der Waals surface area contributed by atoms with Crippen molar-refractivity contribution in [3.8, 4) is 11.3 Å². The molecule has 1 N–H and O–H groups in total. The molecule has 0 aliphatic rings. The highest BCUT2D eigenvalue weighted by Gasteiger charge is 2.20. The van der Waals surface area contributed by atoms with Gasteiger partial charge in [-0.05, 0) is 43.2 Å². The number of carbonyl (C=O) groups is 1. The predicted octanol–water partition coefficient (Wildman–Crippen LogP) is 4.91. The maximum absolute atomic E-state index is 13.1. The molecule has 3 heterocycles. The molecule has 9 heteroatoms. The lowest BCUT2D eigenvalue weighted by Crippen LogP contribution is -2.25. The van der Waals surface area contributed by atoms with Gasteiger partial charge in [0.25, 0.3) is 5.91 Å². The molecule has 0 aliphatic carbocycles. The van der Waals surface area contributed by atoms with E-state index in [2.05, 4.69) is 20.4 Å². The van der Waals surface area contributed by atoms with E-state index in [1.807, 2.05) is 17.5 Å². The molecule has 4 rings (SSSR count). The van der Waals surface area contributed by atoms with Crippen LogP contribution in [0.2, 0.25) is 5.15 Å². The maximum atomic E-state index is 13.1. The van der Waals surface area contributed by atoms with Gasteiger partial charge in [-0.3, -0.25) is 9.78 Å². The summed E-state index contributed by atoms with van der Waals surface area (Å²) in [6, 6.07) is 9.97. The number of amides is 1. The maximum Gasteiger partial charge on any atom is 0.256 e. The molecule has 0 atom stereocenters. The van der Waals surface area contributed by atoms with Gasteiger partial charge in [0.05, 0.1) is 28.5 Å². The summed E-state index contributed by atoms with van der Waals surface area (Å²) in [6.45, 7) is 2.61. The average Bonchev–Trinajstić information content (AvgIpc) is 3.38. The van der Waals surface area contributed by atoms with Gasteiger partial charge in [-0.2, -0.15) is 5.10 Å². The lowest BCUT2D eigenvalue weighted by Gasteiger charge is -2.06. The molecule has 32 heavy (non-hydrogen) atoms. The number of pyridine rings is 1. The first-order chi connectivity index (χ1) is 15.5. The van der Waals surface area contributed by atoms with Gasteiger partial charge in [-0.25, -0.2) is 14.1 Å². The van der Waals surface area contributed by atoms with Gasteiger partial charge in [0.2, 0.25) is 0 Å². The molecule has 0 spiro atoms. The van der Waals surface area contributed by atoms with E-state index in [4.69, 9.17) is 11.6 Å². The molecule has 164 valence electrons. The van der Waals surface area contributed by atoms with Gasteiger partial charge < -0.3 is 5.32 Å². The van der Waals surface area contributed by atoms with Crippen molar-refractivity contribution in [2.75, 3.05) is 6.54 Å². The van der Waals surface area contributed by atoms with Gasteiger partial charge in [0.15, 0.2) is 0 Å². The molecule has 4 aromatic rings. The van der Waals surface area contributed by atoms with Crippen LogP contribution in [0.1, 0.15) is 33.0 Å². The number of benzene rings is 1. The number of hydrogen-bond donors (Lipinski definition) is 1. The fraction of sp³-hybridized carbons (Fsp3) is 0.217. The summed E-state index contributed by atoms with van der Waals surface area (Å²) >= 11 is 8.04. The summed E-state index contributed by atoms with van der Waals surface area (Å²) in [5, 5.41) is 10.6. The molecule has 0 fully saturated rings. The van der Waals surface area contributed by atoms with Crippen LogP contribution in [0.15, 0.2) is 54.2 Å². The second-order valence-corrected chi connectivity index (χ2v) is 8.56. The number of nitrogens with zero attached hydrogens (tertiary/aromatic N) is 4. The van der Waals surface area contributed by atoms with Crippen molar-refractivity contribution in [3.05, 3.63) is 87.0 Å². The first kappa shape index (κ1) is 22.1. The Kier molecular flexibility index (Phi) is 6.92. The van der Waals surface area contributed by atoms with Crippen molar-refractivity contribution >= 4 is 28.8 Å². The second-order valence-electron chi connectivity index (χ2n) is 7.26. The Hall–Kier alpha value is -3.10. The number of nitrogens with one attached hydrogen (secondary N) is 1. The topological polar surface area (TPSA) is 72.7 Å². The zero-order valence-electron chi connectivity index (χ0n) is 17.4. The van der Waals surface area contributed by atoms with E-state index in [0.717, 1.165) is 34.7 Å². The Morgan fingerprint density at radius 2 is 1.94 bits per heavy atom. The van der Waals surface area contributed by atoms with E-state index >= 15 is 0 Å². The summed E-state index contributed by atoms with van der Waals surface area (Å²) in [7, 11) is 0. The largest absolute Gasteiger partial charge is 0.352 e. The molecule has 3 aromatic heterocycles. The first-order valence-corrected chi connectivity index (χ1v) is 11.4. The fourth-order valence-electron chi connectivity index (χ4n) is 3.29. The quantitative estimate of drug-likeness (QED) is 0.372. The third-order valence-corrected chi connectivity index (χ3v) is 6.21. The molecule has 0 bridgehead atoms. The third kappa shape index (κ3) is 5.20. The van der Waals surface area contributed by atoms with Crippen molar-refractivity contribution in [1.82, 2.24) is 25.1 Å². The smallest absolute Gasteiger partial charge is 0.256 e. The molecule has 0 saturated carbocycles. The second kappa shape index (κ2) is 10.0. The highest BCUT2D eigenvalue weighted by Crippen LogP contribution is 2.23. The van der Waals surface area contributed by atoms with Crippen LogP contribution in [-0.2, 0) is 13.0 Å². The van der Waals surface area contributed by atoms with E-state index in [1.54, 1.807) is 47.5 Å². The number of halogens is 2. The minimum atomic E-state index is -0.303. The predicted molar refractivity (Wildman–Crippen MR) is 123 cm³/mol. The highest BCUT2D eigenvalue weighted by molar-refractivity contribution is 7.09. The Balaban J connectivity index is 1.31. The van der Waals surface area contributed by atoms with Crippen LogP contribution in [0.3, 0.4) is 0 Å². The Labute approximate surface area is 194 Å². The first-order valence-electron chi connectivity index (χ1n) is 10.1. The van der Waals surface area contributed by atoms with Gasteiger partial charge in [-0.1, -0.05) is 23.7 Å². The number of aryl methyl sites for hydroxylation is 2. The van der Waals surface area contributed by atoms with Crippen LogP contribution in [0.25, 0.3) is 11.3 Å². The Bertz CT molecular complexity index is 1210. The lowest BCUT2D eigenvalue weighted by atomic mass is 10.2. The zero-order valence-corrected chi connectivity index (χ0v) is 19.0. The van der Waals surface area contributed by atoms with Gasteiger partial charge >= 0.3 is 0 Å². The molecule has 1 amide bonds. The molecule has 0 radical (unpaired) electrons. The highest BCUT2D eigenvalue weighted by atomic mass is 35.5. The van der Waals surface area contributed by atoms with Gasteiger partial charge in [-0.15, -0.1) is 11.3 Å². The summed E-state index contributed by atoms with van der Waals surface area (Å²) in [6.07, 6.45) is 5.03. The molecule has 1 aromatic carbocycles. The molecule has 0 saturated heterocycles. The normalized spacial score (nSPS) is 11.0. The van der Waals surface area contributed by atoms with E-state index in [9.17, 15) is 9.18 Å². The number of aromatic nitrogens is 4. The van der Waals surface area contributed by atoms with Gasteiger partial charge in [0.1, 0.15) is 11.0 Å². The number of rotatable bonds is 8. The summed E-state index contributed by atoms with van der Waals surface area (Å²) < 4.78 is 14.7. The van der Waals surface area contributed by atoms with Crippen molar-refractivity contribution < 1.29 is 9.18 Å². The Morgan fingerprint density at radius 3 is 2.69 bits per heavy atom. The number of hydrogen-bond acceptors (Lipinski definition) is 5. The molecule has 0 unspecified atom stereocenters. The molecule has 0 aliphatic heterocycles. The Morgan fingerprint density at radius 1 is 1.19 bits per heavy atom. The zero-order chi connectivity index (χ0) is 22.5. The third-order valence-electron chi connectivity index (χ3n) is 4.92. The molecular weight excluding hydrogens is 449 g/mol. The number of carbonyl (C=O) groups excluding carboxylic acids is 1. The van der Waals surface area contributed by atoms with E-state index in [-0.39, 0.29) is 16.9 Å². The summed E-state index contributed by atoms with van der Waals surface area (Å²) in [4.78, 5) is 21.4. The molecule has 6 nitrogen and oxygen atoms in total. The van der Waals surface area contributed by atoms with Crippen molar-refractivity contribution in [2.45, 2.75) is 26.3 Å². The van der Waals surface area contributed by atoms with E-state index in [1.165, 1.54) is 12.1 Å². The van der Waals surface area contributed by atoms with E-state index in [0.29, 0.717) is 24.3 Å². The summed E-state index contributed by atoms with van der Waals surface area (Å²) in [5.74, 6) is -0.558. The SMILES string of the molecule is Cc1nn(Cc2ccc(F)cc2)c(Cl)c1C(=O)NCCCc1nc(-c2ccncc2)cs1. The van der Waals surface area contributed by atoms with Crippen LogP contribution < -0.4 is 5.32 Å². The van der Waals surface area contributed by atoms with Crippen LogP contribution in [0.5, 0.6) is 0 Å². The lowest BCUT2D eigenvalue weighted by molar-refractivity contribution is 0.0952. The minimum Gasteiger partial charge on any atom is -0.352 e. The fourth-order valence-corrected chi connectivity index (χ4v) is 4.46. The summed E-state index contributed by atoms with van der Waals surface area (Å²) in [5.41, 5.74) is 3.74. The van der Waals surface area contributed by atoms with Crippen LogP contribution >= 0.6 is 22.9 Å². The number of thiazole rings is 1. The molecular formula is C23H21ClFN5OS. The van der Waals surface area contributed by atoms with Crippen LogP contribution in [-0.4, -0.2) is 32.2 Å². The van der Waals surface area contributed by atoms with Gasteiger partial charge in [0, 0.05) is 36.3 Å². The minimum absolute atomic E-state index is 0.255. The monoisotopic (exact) mass is 469 g/mol. The average molecular weight is 470 g/mol. The van der Waals surface area contributed by atoms with Crippen molar-refractivity contribution in [3.63, 3.8) is 0 Å². The van der Waals surface area contributed by atoms with E-state index < -0.39 is 0 Å². The standard InChI is InChI=1S/C23H21ClFN5OS/c1-15-21(22(24)30(29-15)13-16-4-6-18(25)7-5-16)23(31)27-10-2-3-20-28-19(14-32-20)17-8-11-26-12-9-17/h4-9,11-12,14H,2-3,10,13H2,1H3,(H,27,31).